The molecule has 1 aliphatic rings. The van der Waals surface area contributed by atoms with E-state index in [-0.39, 0.29) is 5.91 Å². The Morgan fingerprint density at radius 3 is 2.32 bits per heavy atom. The number of aromatic amines is 1. The molecule has 218 valence electrons. The molecule has 6 aromatic rings. The zero-order chi connectivity index (χ0) is 29.9. The van der Waals surface area contributed by atoms with Gasteiger partial charge in [0.2, 0.25) is 11.7 Å². The molecule has 4 aromatic carbocycles. The number of aromatic nitrogens is 6. The normalized spacial score (nSPS) is 13.4. The number of carbonyl (C=O) groups is 1. The van der Waals surface area contributed by atoms with Crippen molar-refractivity contribution in [2.75, 3.05) is 0 Å². The van der Waals surface area contributed by atoms with E-state index in [1.165, 1.54) is 5.56 Å². The number of hydrogen-bond acceptors (Lipinski definition) is 6. The van der Waals surface area contributed by atoms with E-state index in [2.05, 4.69) is 80.6 Å². The highest BCUT2D eigenvalue weighted by Gasteiger charge is 2.22. The van der Waals surface area contributed by atoms with E-state index in [1.807, 2.05) is 48.5 Å². The second-order valence-electron chi connectivity index (χ2n) is 11.0. The van der Waals surface area contributed by atoms with E-state index < -0.39 is 0 Å². The molecule has 0 fully saturated rings. The Bertz CT molecular complexity index is 1940. The van der Waals surface area contributed by atoms with Gasteiger partial charge in [-0.15, -0.1) is 10.2 Å². The van der Waals surface area contributed by atoms with E-state index in [4.69, 9.17) is 10.1 Å². The number of fused-ring (bicyclic) bond motifs is 1. The first-order chi connectivity index (χ1) is 21.7. The summed E-state index contributed by atoms with van der Waals surface area (Å²) in [7, 11) is 0. The molecule has 0 unspecified atom stereocenters. The first-order valence-electron chi connectivity index (χ1n) is 15.0. The number of nitrogens with zero attached hydrogens (tertiary/aromatic N) is 7. The van der Waals surface area contributed by atoms with Crippen LogP contribution in [-0.2, 0) is 24.3 Å². The summed E-state index contributed by atoms with van der Waals surface area (Å²) in [5.74, 6) is 1.69. The highest BCUT2D eigenvalue weighted by Crippen LogP contribution is 2.30. The Labute approximate surface area is 255 Å². The number of carbonyl (C=O) groups excluding carboxylic acids is 1. The van der Waals surface area contributed by atoms with E-state index in [0.717, 1.165) is 63.2 Å². The molecule has 0 atom stereocenters. The molecule has 0 aliphatic carbocycles. The number of hydrogen-bond donors (Lipinski definition) is 1. The van der Waals surface area contributed by atoms with Crippen molar-refractivity contribution in [3.8, 4) is 22.5 Å². The fraction of sp³-hybridized carbons (Fsp3) is 0.200. The predicted molar refractivity (Wildman–Crippen MR) is 171 cm³/mol. The Morgan fingerprint density at radius 2 is 1.55 bits per heavy atom. The minimum absolute atomic E-state index is 0.0531. The maximum atomic E-state index is 12.7. The maximum absolute atomic E-state index is 12.7. The van der Waals surface area contributed by atoms with Gasteiger partial charge in [0.1, 0.15) is 5.82 Å². The average Bonchev–Trinajstić information content (AvgIpc) is 3.72. The summed E-state index contributed by atoms with van der Waals surface area (Å²) in [6, 6.07) is 33.1. The van der Waals surface area contributed by atoms with Crippen LogP contribution in [0.15, 0.2) is 102 Å². The molecule has 0 saturated carbocycles. The van der Waals surface area contributed by atoms with Crippen molar-refractivity contribution in [1.29, 1.82) is 0 Å². The largest absolute Gasteiger partial charge is 0.323 e. The molecule has 1 aliphatic heterocycles. The summed E-state index contributed by atoms with van der Waals surface area (Å²) >= 11 is 0. The Morgan fingerprint density at radius 1 is 0.795 bits per heavy atom. The minimum Gasteiger partial charge on any atom is -0.323 e. The number of benzene rings is 4. The highest BCUT2D eigenvalue weighted by molar-refractivity contribution is 6.05. The molecular formula is C35H32N8O. The average molecular weight is 581 g/mol. The van der Waals surface area contributed by atoms with Gasteiger partial charge in [-0.05, 0) is 51.6 Å². The second kappa shape index (κ2) is 12.0. The Balaban J connectivity index is 1.19. The third-order valence-corrected chi connectivity index (χ3v) is 8.03. The van der Waals surface area contributed by atoms with Gasteiger partial charge in [0, 0.05) is 31.4 Å². The third kappa shape index (κ3) is 5.51. The van der Waals surface area contributed by atoms with Crippen LogP contribution in [0.5, 0.6) is 0 Å². The summed E-state index contributed by atoms with van der Waals surface area (Å²) < 4.78 is 2.32. The summed E-state index contributed by atoms with van der Waals surface area (Å²) in [5, 5.41) is 21.0. The number of tetrazole rings is 1. The topological polar surface area (TPSA) is 105 Å². The summed E-state index contributed by atoms with van der Waals surface area (Å²) in [6.07, 6.45) is 2.97. The SMILES string of the molecule is CCCc1nc2ccc(C3=NN(Cc4ccccc4)C(=O)CC3)cc2n1Cc1ccc(-c2ccccc2-c2nn[nH]n2)cc1. The van der Waals surface area contributed by atoms with E-state index >= 15 is 0 Å². The molecule has 2 aromatic heterocycles. The van der Waals surface area contributed by atoms with Crippen LogP contribution >= 0.6 is 0 Å². The monoisotopic (exact) mass is 580 g/mol. The number of rotatable bonds is 9. The lowest BCUT2D eigenvalue weighted by atomic mass is 9.98. The van der Waals surface area contributed by atoms with Crippen LogP contribution in [0.3, 0.4) is 0 Å². The van der Waals surface area contributed by atoms with Gasteiger partial charge in [-0.25, -0.2) is 9.99 Å². The van der Waals surface area contributed by atoms with Crippen molar-refractivity contribution in [1.82, 2.24) is 35.2 Å². The lowest BCUT2D eigenvalue weighted by molar-refractivity contribution is -0.132. The van der Waals surface area contributed by atoms with Crippen LogP contribution in [-0.4, -0.2) is 46.8 Å². The smallest absolute Gasteiger partial charge is 0.243 e. The van der Waals surface area contributed by atoms with Gasteiger partial charge in [-0.1, -0.05) is 91.9 Å². The number of H-pyrrole nitrogens is 1. The first-order valence-corrected chi connectivity index (χ1v) is 15.0. The fourth-order valence-corrected chi connectivity index (χ4v) is 5.81. The number of imidazole rings is 1. The number of amides is 1. The third-order valence-electron chi connectivity index (χ3n) is 8.03. The van der Waals surface area contributed by atoms with Crippen molar-refractivity contribution in [2.24, 2.45) is 5.10 Å². The molecule has 9 heteroatoms. The maximum Gasteiger partial charge on any atom is 0.243 e. The molecule has 44 heavy (non-hydrogen) atoms. The van der Waals surface area contributed by atoms with E-state index in [0.29, 0.717) is 31.8 Å². The molecule has 0 spiro atoms. The van der Waals surface area contributed by atoms with Crippen LogP contribution in [0.2, 0.25) is 0 Å². The standard InChI is InChI=1S/C35H32N8O/c1-2-8-33-36-31-18-17-27(30-19-20-34(44)43(39-30)23-24-9-4-3-5-10-24)21-32(31)42(33)22-25-13-15-26(16-14-25)28-11-6-7-12-29(28)35-37-40-41-38-35/h3-7,9-18,21H,2,8,19-20,22-23H2,1H3,(H,37,38,40,41). The minimum atomic E-state index is 0.0531. The highest BCUT2D eigenvalue weighted by atomic mass is 16.2. The fourth-order valence-electron chi connectivity index (χ4n) is 5.81. The van der Waals surface area contributed by atoms with Crippen molar-refractivity contribution < 1.29 is 4.79 Å². The van der Waals surface area contributed by atoms with Crippen molar-refractivity contribution in [3.05, 3.63) is 120 Å². The first kappa shape index (κ1) is 27.4. The van der Waals surface area contributed by atoms with Crippen LogP contribution in [0, 0.1) is 0 Å². The van der Waals surface area contributed by atoms with E-state index in [9.17, 15) is 4.79 Å². The van der Waals surface area contributed by atoms with Crippen LogP contribution in [0.1, 0.15) is 48.7 Å². The molecule has 7 rings (SSSR count). The molecule has 1 amide bonds. The number of aryl methyl sites for hydroxylation is 1. The number of hydrazone groups is 1. The van der Waals surface area contributed by atoms with Gasteiger partial charge < -0.3 is 4.57 Å². The van der Waals surface area contributed by atoms with Crippen LogP contribution in [0.25, 0.3) is 33.5 Å². The second-order valence-corrected chi connectivity index (χ2v) is 11.0. The van der Waals surface area contributed by atoms with Gasteiger partial charge in [-0.2, -0.15) is 10.3 Å². The number of nitrogens with one attached hydrogen (secondary N) is 1. The summed E-state index contributed by atoms with van der Waals surface area (Å²) in [5.41, 5.74) is 9.32. The molecule has 1 N–H and O–H groups in total. The molecule has 3 heterocycles. The predicted octanol–water partition coefficient (Wildman–Crippen LogP) is 6.41. The molecule has 0 radical (unpaired) electrons. The van der Waals surface area contributed by atoms with Crippen molar-refractivity contribution in [2.45, 2.75) is 45.7 Å². The molecule has 0 saturated heterocycles. The zero-order valence-corrected chi connectivity index (χ0v) is 24.5. The Kier molecular flexibility index (Phi) is 7.50. The van der Waals surface area contributed by atoms with Gasteiger partial charge in [-0.3, -0.25) is 4.79 Å². The summed E-state index contributed by atoms with van der Waals surface area (Å²) in [6.45, 7) is 3.35. The lowest BCUT2D eigenvalue weighted by Crippen LogP contribution is -2.31. The van der Waals surface area contributed by atoms with Crippen LogP contribution in [0.4, 0.5) is 0 Å². The molecular weight excluding hydrogens is 548 g/mol. The molecule has 0 bridgehead atoms. The zero-order valence-electron chi connectivity index (χ0n) is 24.5. The van der Waals surface area contributed by atoms with Crippen molar-refractivity contribution in [3.63, 3.8) is 0 Å². The van der Waals surface area contributed by atoms with Crippen molar-refractivity contribution >= 4 is 22.7 Å². The van der Waals surface area contributed by atoms with Gasteiger partial charge in [0.25, 0.3) is 0 Å². The molecule has 9 nitrogen and oxygen atoms in total. The van der Waals surface area contributed by atoms with E-state index in [1.54, 1.807) is 5.01 Å². The van der Waals surface area contributed by atoms with Gasteiger partial charge in [0.05, 0.1) is 23.3 Å². The van der Waals surface area contributed by atoms with Crippen LogP contribution < -0.4 is 0 Å². The van der Waals surface area contributed by atoms with Gasteiger partial charge >= 0.3 is 0 Å². The quantitative estimate of drug-likeness (QED) is 0.213. The van der Waals surface area contributed by atoms with Gasteiger partial charge in [0.15, 0.2) is 0 Å². The lowest BCUT2D eigenvalue weighted by Gasteiger charge is -2.24. The summed E-state index contributed by atoms with van der Waals surface area (Å²) in [4.78, 5) is 17.7. The Hall–Kier alpha value is -5.44.